The maximum absolute atomic E-state index is 12.4. The van der Waals surface area contributed by atoms with Crippen LogP contribution in [0.5, 0.6) is 0 Å². The quantitative estimate of drug-likeness (QED) is 0.813. The standard InChI is InChI=1S/C16H26N2O.ClH/c1-4-13(3)15(14-8-6-5-7-9-14)16(19)18-11-12(2)10-17;/h5-9,12-13,15H,4,10-11,17H2,1-3H3,(H,18,19);1H. The highest BCUT2D eigenvalue weighted by Crippen LogP contribution is 2.27. The van der Waals surface area contributed by atoms with Crippen molar-refractivity contribution < 1.29 is 4.79 Å². The molecular formula is C16H27ClN2O. The van der Waals surface area contributed by atoms with Gasteiger partial charge < -0.3 is 11.1 Å². The third-order valence-corrected chi connectivity index (χ3v) is 3.68. The summed E-state index contributed by atoms with van der Waals surface area (Å²) in [5.41, 5.74) is 6.67. The van der Waals surface area contributed by atoms with Crippen molar-refractivity contribution in [2.45, 2.75) is 33.1 Å². The van der Waals surface area contributed by atoms with Crippen LogP contribution in [0.4, 0.5) is 0 Å². The van der Waals surface area contributed by atoms with Gasteiger partial charge in [-0.1, -0.05) is 57.5 Å². The van der Waals surface area contributed by atoms with Gasteiger partial charge in [0.15, 0.2) is 0 Å². The molecule has 3 atom stereocenters. The summed E-state index contributed by atoms with van der Waals surface area (Å²) in [4.78, 5) is 12.4. The molecule has 114 valence electrons. The average molecular weight is 299 g/mol. The molecule has 1 aromatic rings. The molecule has 3 N–H and O–H groups in total. The van der Waals surface area contributed by atoms with Crippen molar-refractivity contribution in [2.75, 3.05) is 13.1 Å². The van der Waals surface area contributed by atoms with Crippen molar-refractivity contribution in [1.82, 2.24) is 5.32 Å². The highest BCUT2D eigenvalue weighted by atomic mass is 35.5. The average Bonchev–Trinajstić information content (AvgIpc) is 2.45. The van der Waals surface area contributed by atoms with Gasteiger partial charge in [-0.3, -0.25) is 4.79 Å². The molecule has 0 saturated carbocycles. The van der Waals surface area contributed by atoms with Gasteiger partial charge in [0.2, 0.25) is 5.91 Å². The number of rotatable bonds is 7. The molecule has 1 aromatic carbocycles. The molecule has 0 fully saturated rings. The number of hydrogen-bond acceptors (Lipinski definition) is 2. The Bertz CT molecular complexity index is 383. The number of hydrogen-bond donors (Lipinski definition) is 2. The van der Waals surface area contributed by atoms with Crippen LogP contribution in [0.3, 0.4) is 0 Å². The van der Waals surface area contributed by atoms with Crippen LogP contribution in [0.15, 0.2) is 30.3 Å². The molecule has 0 bridgehead atoms. The predicted octanol–water partition coefficient (Wildman–Crippen LogP) is 2.95. The Labute approximate surface area is 128 Å². The van der Waals surface area contributed by atoms with Gasteiger partial charge in [0.05, 0.1) is 5.92 Å². The number of amides is 1. The maximum atomic E-state index is 12.4. The largest absolute Gasteiger partial charge is 0.355 e. The van der Waals surface area contributed by atoms with E-state index in [1.165, 1.54) is 0 Å². The molecule has 0 spiro atoms. The zero-order valence-corrected chi connectivity index (χ0v) is 13.5. The summed E-state index contributed by atoms with van der Waals surface area (Å²) in [7, 11) is 0. The topological polar surface area (TPSA) is 55.1 Å². The molecular weight excluding hydrogens is 272 g/mol. The molecule has 4 heteroatoms. The number of halogens is 1. The lowest BCUT2D eigenvalue weighted by atomic mass is 9.85. The van der Waals surface area contributed by atoms with Gasteiger partial charge in [-0.25, -0.2) is 0 Å². The first-order valence-corrected chi connectivity index (χ1v) is 7.12. The van der Waals surface area contributed by atoms with E-state index < -0.39 is 0 Å². The summed E-state index contributed by atoms with van der Waals surface area (Å²) in [6.07, 6.45) is 0.986. The zero-order valence-electron chi connectivity index (χ0n) is 12.6. The van der Waals surface area contributed by atoms with Crippen molar-refractivity contribution >= 4 is 18.3 Å². The third-order valence-electron chi connectivity index (χ3n) is 3.68. The Morgan fingerprint density at radius 3 is 2.35 bits per heavy atom. The highest BCUT2D eigenvalue weighted by Gasteiger charge is 2.25. The minimum atomic E-state index is -0.0730. The molecule has 0 aliphatic heterocycles. The van der Waals surface area contributed by atoms with Gasteiger partial charge in [0, 0.05) is 6.54 Å². The van der Waals surface area contributed by atoms with E-state index in [9.17, 15) is 4.79 Å². The summed E-state index contributed by atoms with van der Waals surface area (Å²) in [5.74, 6) is 0.685. The van der Waals surface area contributed by atoms with Gasteiger partial charge in [-0.15, -0.1) is 12.4 Å². The molecule has 0 aromatic heterocycles. The SMILES string of the molecule is CCC(C)C(C(=O)NCC(C)CN)c1ccccc1.Cl. The van der Waals surface area contributed by atoms with Crippen LogP contribution in [0.2, 0.25) is 0 Å². The molecule has 3 unspecified atom stereocenters. The second-order valence-electron chi connectivity index (χ2n) is 5.36. The van der Waals surface area contributed by atoms with Gasteiger partial charge in [-0.05, 0) is 23.9 Å². The molecule has 0 aliphatic carbocycles. The van der Waals surface area contributed by atoms with Gasteiger partial charge in [0.1, 0.15) is 0 Å². The van der Waals surface area contributed by atoms with Gasteiger partial charge in [-0.2, -0.15) is 0 Å². The van der Waals surface area contributed by atoms with E-state index in [4.69, 9.17) is 5.73 Å². The fourth-order valence-corrected chi connectivity index (χ4v) is 2.10. The lowest BCUT2D eigenvalue weighted by Gasteiger charge is -2.23. The first-order chi connectivity index (χ1) is 9.10. The first kappa shape index (κ1) is 18.9. The summed E-state index contributed by atoms with van der Waals surface area (Å²) in [5, 5.41) is 3.03. The minimum Gasteiger partial charge on any atom is -0.355 e. The Morgan fingerprint density at radius 1 is 1.25 bits per heavy atom. The second-order valence-corrected chi connectivity index (χ2v) is 5.36. The molecule has 0 heterocycles. The maximum Gasteiger partial charge on any atom is 0.227 e. The fraction of sp³-hybridized carbons (Fsp3) is 0.562. The van der Waals surface area contributed by atoms with E-state index in [0.717, 1.165) is 12.0 Å². The minimum absolute atomic E-state index is 0. The Hall–Kier alpha value is -1.06. The molecule has 1 amide bonds. The number of carbonyl (C=O) groups excluding carboxylic acids is 1. The van der Waals surface area contributed by atoms with Crippen LogP contribution in [0.1, 0.15) is 38.7 Å². The van der Waals surface area contributed by atoms with Crippen LogP contribution in [0, 0.1) is 11.8 Å². The Kier molecular flexibility index (Phi) is 9.26. The van der Waals surface area contributed by atoms with Crippen molar-refractivity contribution in [3.8, 4) is 0 Å². The molecule has 0 radical (unpaired) electrons. The monoisotopic (exact) mass is 298 g/mol. The van der Waals surface area contributed by atoms with E-state index in [1.807, 2.05) is 37.3 Å². The number of nitrogens with one attached hydrogen (secondary N) is 1. The summed E-state index contributed by atoms with van der Waals surface area (Å²) in [6.45, 7) is 7.54. The van der Waals surface area contributed by atoms with Crippen molar-refractivity contribution in [2.24, 2.45) is 17.6 Å². The molecule has 0 aliphatic rings. The van der Waals surface area contributed by atoms with Crippen LogP contribution in [-0.4, -0.2) is 19.0 Å². The Morgan fingerprint density at radius 2 is 1.85 bits per heavy atom. The van der Waals surface area contributed by atoms with Crippen molar-refractivity contribution in [1.29, 1.82) is 0 Å². The van der Waals surface area contributed by atoms with Crippen LogP contribution in [0.25, 0.3) is 0 Å². The van der Waals surface area contributed by atoms with E-state index in [-0.39, 0.29) is 24.2 Å². The molecule has 20 heavy (non-hydrogen) atoms. The van der Waals surface area contributed by atoms with E-state index >= 15 is 0 Å². The highest BCUT2D eigenvalue weighted by molar-refractivity contribution is 5.85. The van der Waals surface area contributed by atoms with Crippen LogP contribution in [-0.2, 0) is 4.79 Å². The summed E-state index contributed by atoms with van der Waals surface area (Å²) >= 11 is 0. The zero-order chi connectivity index (χ0) is 14.3. The second kappa shape index (κ2) is 9.78. The third kappa shape index (κ3) is 5.51. The normalized spacial score (nSPS) is 14.8. The predicted molar refractivity (Wildman–Crippen MR) is 87.1 cm³/mol. The van der Waals surface area contributed by atoms with E-state index in [1.54, 1.807) is 0 Å². The van der Waals surface area contributed by atoms with Gasteiger partial charge in [0.25, 0.3) is 0 Å². The summed E-state index contributed by atoms with van der Waals surface area (Å²) < 4.78 is 0. The number of carbonyl (C=O) groups is 1. The van der Waals surface area contributed by atoms with E-state index in [0.29, 0.717) is 24.9 Å². The lowest BCUT2D eigenvalue weighted by molar-refractivity contribution is -0.123. The fourth-order valence-electron chi connectivity index (χ4n) is 2.10. The summed E-state index contributed by atoms with van der Waals surface area (Å²) in [6, 6.07) is 10.0. The molecule has 0 saturated heterocycles. The van der Waals surface area contributed by atoms with Crippen molar-refractivity contribution in [3.05, 3.63) is 35.9 Å². The molecule has 1 rings (SSSR count). The first-order valence-electron chi connectivity index (χ1n) is 7.12. The number of nitrogens with two attached hydrogens (primary N) is 1. The van der Waals surface area contributed by atoms with Crippen LogP contribution >= 0.6 is 12.4 Å². The number of benzene rings is 1. The van der Waals surface area contributed by atoms with Crippen molar-refractivity contribution in [3.63, 3.8) is 0 Å². The van der Waals surface area contributed by atoms with Crippen LogP contribution < -0.4 is 11.1 Å². The smallest absolute Gasteiger partial charge is 0.227 e. The van der Waals surface area contributed by atoms with E-state index in [2.05, 4.69) is 19.2 Å². The van der Waals surface area contributed by atoms with Gasteiger partial charge >= 0.3 is 0 Å². The lowest BCUT2D eigenvalue weighted by Crippen LogP contribution is -2.36. The molecule has 3 nitrogen and oxygen atoms in total. The Balaban J connectivity index is 0.00000361.